The first kappa shape index (κ1) is 9.49. The van der Waals surface area contributed by atoms with E-state index in [4.69, 9.17) is 0 Å². The van der Waals surface area contributed by atoms with E-state index in [1.165, 1.54) is 50.5 Å². The minimum absolute atomic E-state index is 0.889. The first-order valence-corrected chi connectivity index (χ1v) is 7.11. The van der Waals surface area contributed by atoms with Gasteiger partial charge in [-0.1, -0.05) is 0 Å². The fourth-order valence-electron chi connectivity index (χ4n) is 3.22. The SMILES string of the molecule is C1CC(CN2CC[C@H]3CNC[C@H]32)CS1. The van der Waals surface area contributed by atoms with E-state index in [0.29, 0.717) is 0 Å². The molecule has 0 aromatic carbocycles. The summed E-state index contributed by atoms with van der Waals surface area (Å²) in [5.74, 6) is 4.80. The van der Waals surface area contributed by atoms with Gasteiger partial charge in [-0.25, -0.2) is 0 Å². The number of fused-ring (bicyclic) bond motifs is 1. The number of nitrogens with one attached hydrogen (secondary N) is 1. The van der Waals surface area contributed by atoms with Crippen molar-refractivity contribution in [1.29, 1.82) is 0 Å². The van der Waals surface area contributed by atoms with Gasteiger partial charge in [-0.05, 0) is 49.3 Å². The number of rotatable bonds is 2. The summed E-state index contributed by atoms with van der Waals surface area (Å²) in [6.45, 7) is 5.29. The van der Waals surface area contributed by atoms with Crippen LogP contribution in [-0.4, -0.2) is 48.6 Å². The smallest absolute Gasteiger partial charge is 0.0261 e. The Labute approximate surface area is 90.8 Å². The molecule has 2 nitrogen and oxygen atoms in total. The van der Waals surface area contributed by atoms with Gasteiger partial charge in [0.15, 0.2) is 0 Å². The average Bonchev–Trinajstić information content (AvgIpc) is 2.85. The lowest BCUT2D eigenvalue weighted by Gasteiger charge is -2.25. The first-order chi connectivity index (χ1) is 6.93. The highest BCUT2D eigenvalue weighted by molar-refractivity contribution is 7.99. The van der Waals surface area contributed by atoms with Crippen molar-refractivity contribution in [2.24, 2.45) is 11.8 Å². The zero-order valence-corrected chi connectivity index (χ0v) is 9.56. The second-order valence-electron chi connectivity index (χ2n) is 5.00. The Morgan fingerprint density at radius 3 is 3.14 bits per heavy atom. The van der Waals surface area contributed by atoms with E-state index in [1.54, 1.807) is 0 Å². The van der Waals surface area contributed by atoms with Crippen LogP contribution in [0.1, 0.15) is 12.8 Å². The maximum atomic E-state index is 3.53. The van der Waals surface area contributed by atoms with Gasteiger partial charge in [0.25, 0.3) is 0 Å². The van der Waals surface area contributed by atoms with Crippen molar-refractivity contribution in [2.75, 3.05) is 37.7 Å². The maximum absolute atomic E-state index is 3.53. The molecule has 14 heavy (non-hydrogen) atoms. The molecule has 80 valence electrons. The molecule has 3 aliphatic heterocycles. The number of hydrogen-bond donors (Lipinski definition) is 1. The Morgan fingerprint density at radius 1 is 1.29 bits per heavy atom. The van der Waals surface area contributed by atoms with Gasteiger partial charge in [0.2, 0.25) is 0 Å². The van der Waals surface area contributed by atoms with Crippen molar-refractivity contribution in [3.63, 3.8) is 0 Å². The molecule has 3 atom stereocenters. The predicted octanol–water partition coefficient (Wildman–Crippen LogP) is 1.03. The van der Waals surface area contributed by atoms with Gasteiger partial charge in [0.05, 0.1) is 0 Å². The van der Waals surface area contributed by atoms with Crippen molar-refractivity contribution in [3.05, 3.63) is 0 Å². The van der Waals surface area contributed by atoms with Crippen molar-refractivity contribution in [1.82, 2.24) is 10.2 Å². The number of hydrogen-bond acceptors (Lipinski definition) is 3. The first-order valence-electron chi connectivity index (χ1n) is 5.96. The van der Waals surface area contributed by atoms with Crippen LogP contribution in [-0.2, 0) is 0 Å². The van der Waals surface area contributed by atoms with E-state index in [1.807, 2.05) is 0 Å². The van der Waals surface area contributed by atoms with Crippen LogP contribution in [0.3, 0.4) is 0 Å². The lowest BCUT2D eigenvalue weighted by molar-refractivity contribution is 0.221. The number of thioether (sulfide) groups is 1. The summed E-state index contributed by atoms with van der Waals surface area (Å²) in [4.78, 5) is 2.77. The molecular formula is C11H20N2S. The molecule has 0 spiro atoms. The molecule has 0 aromatic heterocycles. The summed E-state index contributed by atoms with van der Waals surface area (Å²) in [6, 6.07) is 0.889. The second-order valence-corrected chi connectivity index (χ2v) is 6.15. The van der Waals surface area contributed by atoms with Crippen LogP contribution in [0, 0.1) is 11.8 Å². The van der Waals surface area contributed by atoms with Crippen LogP contribution in [0.25, 0.3) is 0 Å². The van der Waals surface area contributed by atoms with Crippen molar-refractivity contribution in [2.45, 2.75) is 18.9 Å². The van der Waals surface area contributed by atoms with Crippen molar-refractivity contribution < 1.29 is 0 Å². The van der Waals surface area contributed by atoms with E-state index < -0.39 is 0 Å². The fourth-order valence-corrected chi connectivity index (χ4v) is 4.50. The van der Waals surface area contributed by atoms with Gasteiger partial charge in [-0.15, -0.1) is 0 Å². The Kier molecular flexibility index (Phi) is 2.73. The van der Waals surface area contributed by atoms with Crippen LogP contribution >= 0.6 is 11.8 Å². The van der Waals surface area contributed by atoms with Gasteiger partial charge >= 0.3 is 0 Å². The van der Waals surface area contributed by atoms with Crippen LogP contribution in [0.4, 0.5) is 0 Å². The maximum Gasteiger partial charge on any atom is 0.0261 e. The molecular weight excluding hydrogens is 192 g/mol. The van der Waals surface area contributed by atoms with Crippen LogP contribution in [0.2, 0.25) is 0 Å². The third-order valence-electron chi connectivity index (χ3n) is 4.08. The minimum atomic E-state index is 0.889. The molecule has 0 aromatic rings. The molecule has 3 saturated heterocycles. The molecule has 3 aliphatic rings. The molecule has 3 fully saturated rings. The third-order valence-corrected chi connectivity index (χ3v) is 5.31. The van der Waals surface area contributed by atoms with Gasteiger partial charge in [-0.2, -0.15) is 11.8 Å². The van der Waals surface area contributed by atoms with Crippen molar-refractivity contribution >= 4 is 11.8 Å². The highest BCUT2D eigenvalue weighted by Gasteiger charge is 2.38. The van der Waals surface area contributed by atoms with Crippen LogP contribution in [0.5, 0.6) is 0 Å². The number of nitrogens with zero attached hydrogens (tertiary/aromatic N) is 1. The van der Waals surface area contributed by atoms with Gasteiger partial charge in [0.1, 0.15) is 0 Å². The van der Waals surface area contributed by atoms with E-state index in [-0.39, 0.29) is 0 Å². The van der Waals surface area contributed by atoms with E-state index in [0.717, 1.165) is 17.9 Å². The lowest BCUT2D eigenvalue weighted by atomic mass is 10.0. The van der Waals surface area contributed by atoms with Gasteiger partial charge in [-0.3, -0.25) is 4.90 Å². The average molecular weight is 212 g/mol. The summed E-state index contributed by atoms with van der Waals surface area (Å²) in [5, 5.41) is 3.53. The van der Waals surface area contributed by atoms with Crippen LogP contribution in [0.15, 0.2) is 0 Å². The molecule has 0 amide bonds. The molecule has 1 unspecified atom stereocenters. The fraction of sp³-hybridized carbons (Fsp3) is 1.00. The Hall–Kier alpha value is 0.270. The standard InChI is InChI=1S/C11H20N2S/c1-3-13(7-9-2-4-14-8-9)11-6-12-5-10(1)11/h9-12H,1-8H2/t9?,10-,11+/m0/s1. The summed E-state index contributed by atoms with van der Waals surface area (Å²) in [6.07, 6.45) is 2.91. The molecule has 3 heterocycles. The van der Waals surface area contributed by atoms with E-state index in [9.17, 15) is 0 Å². The highest BCUT2D eigenvalue weighted by Crippen LogP contribution is 2.31. The summed E-state index contributed by atoms with van der Waals surface area (Å²) < 4.78 is 0. The van der Waals surface area contributed by atoms with E-state index in [2.05, 4.69) is 22.0 Å². The van der Waals surface area contributed by atoms with Crippen LogP contribution < -0.4 is 5.32 Å². The second kappa shape index (κ2) is 4.03. The minimum Gasteiger partial charge on any atom is -0.315 e. The Bertz CT molecular complexity index is 203. The molecule has 1 N–H and O–H groups in total. The zero-order valence-electron chi connectivity index (χ0n) is 8.74. The van der Waals surface area contributed by atoms with Gasteiger partial charge in [0, 0.05) is 19.1 Å². The largest absolute Gasteiger partial charge is 0.315 e. The molecule has 3 heteroatoms. The normalized spacial score (nSPS) is 43.3. The molecule has 3 rings (SSSR count). The Balaban J connectivity index is 1.57. The summed E-state index contributed by atoms with van der Waals surface area (Å²) >= 11 is 2.15. The third kappa shape index (κ3) is 1.70. The zero-order chi connectivity index (χ0) is 9.38. The Morgan fingerprint density at radius 2 is 2.29 bits per heavy atom. The lowest BCUT2D eigenvalue weighted by Crippen LogP contribution is -2.37. The quantitative estimate of drug-likeness (QED) is 0.736. The molecule has 0 radical (unpaired) electrons. The van der Waals surface area contributed by atoms with Gasteiger partial charge < -0.3 is 5.32 Å². The monoisotopic (exact) mass is 212 g/mol. The summed E-state index contributed by atoms with van der Waals surface area (Å²) in [5.41, 5.74) is 0. The highest BCUT2D eigenvalue weighted by atomic mass is 32.2. The number of likely N-dealkylation sites (tertiary alicyclic amines) is 1. The molecule has 0 bridgehead atoms. The van der Waals surface area contributed by atoms with E-state index >= 15 is 0 Å². The summed E-state index contributed by atoms with van der Waals surface area (Å²) in [7, 11) is 0. The topological polar surface area (TPSA) is 15.3 Å². The molecule has 0 saturated carbocycles. The molecule has 0 aliphatic carbocycles. The van der Waals surface area contributed by atoms with Crippen molar-refractivity contribution in [3.8, 4) is 0 Å². The predicted molar refractivity (Wildman–Crippen MR) is 61.8 cm³/mol.